The number of hydrogen-bond acceptors (Lipinski definition) is 3. The largest absolute Gasteiger partial charge is 0.379 e. The molecule has 1 atom stereocenters. The first-order valence-electron chi connectivity index (χ1n) is 21.9. The third-order valence-electron chi connectivity index (χ3n) is 9.69. The Bertz CT molecular complexity index is 985. The maximum absolute atomic E-state index is 13.3. The highest BCUT2D eigenvalue weighted by Gasteiger charge is 2.12. The lowest BCUT2D eigenvalue weighted by Crippen LogP contribution is -2.28. The van der Waals surface area contributed by atoms with E-state index in [1.165, 1.54) is 128 Å². The number of unbranched alkanes of at least 4 members (excludes halogenated alkanes) is 18. The molecule has 0 aliphatic rings. The summed E-state index contributed by atoms with van der Waals surface area (Å²) in [5.41, 5.74) is 1.14. The highest BCUT2D eigenvalue weighted by atomic mass is 19.1. The van der Waals surface area contributed by atoms with Gasteiger partial charge in [0.25, 0.3) is 0 Å². The van der Waals surface area contributed by atoms with Gasteiger partial charge in [0.2, 0.25) is 0 Å². The minimum absolute atomic E-state index is 0.123. The van der Waals surface area contributed by atoms with Gasteiger partial charge in [-0.05, 0) is 108 Å². The van der Waals surface area contributed by atoms with E-state index in [1.54, 1.807) is 12.1 Å². The summed E-state index contributed by atoms with van der Waals surface area (Å²) in [7, 11) is 2.13. The number of nitrogens with zero attached hydrogens (tertiary/aromatic N) is 1. The molecule has 1 unspecified atom stereocenters. The lowest BCUT2D eigenvalue weighted by Gasteiger charge is -2.22. The van der Waals surface area contributed by atoms with Crippen molar-refractivity contribution in [1.29, 1.82) is 0 Å². The SMILES string of the molecule is CCCCC/C=C/C/C=C/CCCCCCCCOCC(CCN(C)Cc1ccc(F)cc1)OCCCCCCCC/C=C/C/C=C/CCCCC. The Morgan fingerprint density at radius 3 is 1.50 bits per heavy atom. The molecule has 0 aliphatic carbocycles. The Kier molecular flexibility index (Phi) is 35.7. The molecule has 0 N–H and O–H groups in total. The molecule has 1 rings (SSSR count). The summed E-state index contributed by atoms with van der Waals surface area (Å²) in [5.74, 6) is -0.180. The van der Waals surface area contributed by atoms with Crippen LogP contribution in [-0.2, 0) is 16.0 Å². The summed E-state index contributed by atoms with van der Waals surface area (Å²) in [6.07, 6.45) is 50.0. The minimum Gasteiger partial charge on any atom is -0.379 e. The smallest absolute Gasteiger partial charge is 0.123 e. The Morgan fingerprint density at radius 2 is 1.00 bits per heavy atom. The van der Waals surface area contributed by atoms with E-state index in [4.69, 9.17) is 9.47 Å². The Balaban J connectivity index is 2.17. The molecule has 0 saturated heterocycles. The molecule has 0 saturated carbocycles. The predicted molar refractivity (Wildman–Crippen MR) is 227 cm³/mol. The highest BCUT2D eigenvalue weighted by molar-refractivity contribution is 5.15. The van der Waals surface area contributed by atoms with Crippen molar-refractivity contribution in [2.75, 3.05) is 33.4 Å². The van der Waals surface area contributed by atoms with E-state index in [0.717, 1.165) is 64.0 Å². The number of rotatable bonds is 38. The van der Waals surface area contributed by atoms with Crippen LogP contribution < -0.4 is 0 Å². The molecule has 52 heavy (non-hydrogen) atoms. The first-order chi connectivity index (χ1) is 25.7. The predicted octanol–water partition coefficient (Wildman–Crippen LogP) is 14.7. The van der Waals surface area contributed by atoms with Gasteiger partial charge in [-0.2, -0.15) is 0 Å². The van der Waals surface area contributed by atoms with Crippen molar-refractivity contribution in [1.82, 2.24) is 4.90 Å². The molecule has 298 valence electrons. The molecular formula is C48H82FNO2. The van der Waals surface area contributed by atoms with Crippen molar-refractivity contribution < 1.29 is 13.9 Å². The minimum atomic E-state index is -0.180. The average molecular weight is 724 g/mol. The molecular weight excluding hydrogens is 642 g/mol. The molecule has 0 aliphatic heterocycles. The lowest BCUT2D eigenvalue weighted by molar-refractivity contribution is -0.0257. The maximum Gasteiger partial charge on any atom is 0.123 e. The van der Waals surface area contributed by atoms with Gasteiger partial charge in [-0.3, -0.25) is 0 Å². The molecule has 1 aromatic carbocycles. The fourth-order valence-corrected chi connectivity index (χ4v) is 6.31. The van der Waals surface area contributed by atoms with E-state index in [-0.39, 0.29) is 11.9 Å². The molecule has 0 spiro atoms. The molecule has 1 aromatic rings. The van der Waals surface area contributed by atoms with E-state index in [2.05, 4.69) is 74.4 Å². The lowest BCUT2D eigenvalue weighted by atomic mass is 10.1. The molecule has 0 bridgehead atoms. The Labute approximate surface area is 322 Å². The van der Waals surface area contributed by atoms with Crippen LogP contribution in [0.5, 0.6) is 0 Å². The van der Waals surface area contributed by atoms with Gasteiger partial charge in [-0.25, -0.2) is 4.39 Å². The molecule has 0 heterocycles. The first kappa shape index (κ1) is 48.0. The second-order valence-corrected chi connectivity index (χ2v) is 14.9. The zero-order chi connectivity index (χ0) is 37.4. The summed E-state index contributed by atoms with van der Waals surface area (Å²) in [6, 6.07) is 6.84. The highest BCUT2D eigenvalue weighted by Crippen LogP contribution is 2.13. The van der Waals surface area contributed by atoms with Crippen LogP contribution in [0, 0.1) is 5.82 Å². The number of halogens is 1. The third-order valence-corrected chi connectivity index (χ3v) is 9.69. The van der Waals surface area contributed by atoms with Gasteiger partial charge in [-0.1, -0.05) is 152 Å². The van der Waals surface area contributed by atoms with Crippen LogP contribution >= 0.6 is 0 Å². The van der Waals surface area contributed by atoms with Crippen LogP contribution in [0.2, 0.25) is 0 Å². The summed E-state index contributed by atoms with van der Waals surface area (Å²) in [5, 5.41) is 0. The molecule has 3 nitrogen and oxygen atoms in total. The molecule has 0 radical (unpaired) electrons. The molecule has 4 heteroatoms. The van der Waals surface area contributed by atoms with Crippen LogP contribution in [0.15, 0.2) is 72.9 Å². The van der Waals surface area contributed by atoms with Crippen molar-refractivity contribution in [2.45, 2.75) is 187 Å². The number of hydrogen-bond donors (Lipinski definition) is 0. The number of allylic oxidation sites excluding steroid dienone is 8. The van der Waals surface area contributed by atoms with Crippen molar-refractivity contribution >= 4 is 0 Å². The molecule has 0 amide bonds. The summed E-state index contributed by atoms with van der Waals surface area (Å²) >= 11 is 0. The van der Waals surface area contributed by atoms with E-state index in [0.29, 0.717) is 6.61 Å². The van der Waals surface area contributed by atoms with Gasteiger partial charge in [0.1, 0.15) is 5.82 Å². The third kappa shape index (κ3) is 33.8. The van der Waals surface area contributed by atoms with Gasteiger partial charge in [0.05, 0.1) is 12.7 Å². The van der Waals surface area contributed by atoms with Crippen molar-refractivity contribution in [3.05, 3.63) is 84.3 Å². The second-order valence-electron chi connectivity index (χ2n) is 14.9. The second kappa shape index (κ2) is 38.7. The van der Waals surface area contributed by atoms with Crippen molar-refractivity contribution in [3.63, 3.8) is 0 Å². The van der Waals surface area contributed by atoms with Gasteiger partial charge in [-0.15, -0.1) is 0 Å². The normalized spacial score (nSPS) is 12.9. The molecule has 0 aromatic heterocycles. The Morgan fingerprint density at radius 1 is 0.558 bits per heavy atom. The van der Waals surface area contributed by atoms with Crippen molar-refractivity contribution in [2.24, 2.45) is 0 Å². The number of ether oxygens (including phenoxy) is 2. The monoisotopic (exact) mass is 724 g/mol. The standard InChI is InChI=1S/C48H82FNO2/c1-4-6-8-10-12-14-16-18-20-22-24-26-28-30-32-34-42-51-45-48(40-41-50(3)44-46-36-38-47(49)39-37-46)52-43-35-33-31-29-27-25-23-21-19-17-15-13-11-9-7-5-2/h12-15,18-21,36-39,48H,4-11,16-17,22-35,40-45H2,1-3H3/b14-12+,15-13+,20-18+,21-19+. The van der Waals surface area contributed by atoms with E-state index in [1.807, 2.05) is 12.1 Å². The van der Waals surface area contributed by atoms with Crippen LogP contribution in [0.3, 0.4) is 0 Å². The zero-order valence-electron chi connectivity index (χ0n) is 34.4. The number of benzene rings is 1. The Hall–Kier alpha value is -2.01. The van der Waals surface area contributed by atoms with Crippen LogP contribution in [0.25, 0.3) is 0 Å². The average Bonchev–Trinajstić information content (AvgIpc) is 3.15. The first-order valence-corrected chi connectivity index (χ1v) is 21.9. The van der Waals surface area contributed by atoms with Crippen LogP contribution in [0.1, 0.15) is 180 Å². The van der Waals surface area contributed by atoms with E-state index in [9.17, 15) is 4.39 Å². The fourth-order valence-electron chi connectivity index (χ4n) is 6.31. The van der Waals surface area contributed by atoms with Crippen molar-refractivity contribution in [3.8, 4) is 0 Å². The van der Waals surface area contributed by atoms with Gasteiger partial charge in [0.15, 0.2) is 0 Å². The topological polar surface area (TPSA) is 21.7 Å². The van der Waals surface area contributed by atoms with E-state index < -0.39 is 0 Å². The molecule has 0 fully saturated rings. The van der Waals surface area contributed by atoms with Gasteiger partial charge in [0, 0.05) is 26.3 Å². The van der Waals surface area contributed by atoms with Crippen LogP contribution in [-0.4, -0.2) is 44.4 Å². The summed E-state index contributed by atoms with van der Waals surface area (Å²) in [6.45, 7) is 8.58. The summed E-state index contributed by atoms with van der Waals surface area (Å²) < 4.78 is 25.9. The zero-order valence-corrected chi connectivity index (χ0v) is 34.4. The van der Waals surface area contributed by atoms with Gasteiger partial charge < -0.3 is 14.4 Å². The van der Waals surface area contributed by atoms with Gasteiger partial charge >= 0.3 is 0 Å². The quantitative estimate of drug-likeness (QED) is 0.0501. The summed E-state index contributed by atoms with van der Waals surface area (Å²) in [4.78, 5) is 2.30. The van der Waals surface area contributed by atoms with E-state index >= 15 is 0 Å². The van der Waals surface area contributed by atoms with Crippen LogP contribution in [0.4, 0.5) is 4.39 Å². The fraction of sp³-hybridized carbons (Fsp3) is 0.708. The maximum atomic E-state index is 13.3.